The fourth-order valence-corrected chi connectivity index (χ4v) is 2.14. The molecule has 0 spiro atoms. The number of hydrogen-bond acceptors (Lipinski definition) is 2. The predicted molar refractivity (Wildman–Crippen MR) is 49.4 cm³/mol. The van der Waals surface area contributed by atoms with Crippen molar-refractivity contribution in [1.29, 1.82) is 0 Å². The molecule has 76 valence electrons. The van der Waals surface area contributed by atoms with E-state index in [0.717, 1.165) is 12.8 Å². The van der Waals surface area contributed by atoms with E-state index in [1.807, 2.05) is 6.92 Å². The molecule has 1 aliphatic rings. The van der Waals surface area contributed by atoms with Gasteiger partial charge in [0, 0.05) is 0 Å². The third-order valence-electron chi connectivity index (χ3n) is 3.14. The normalized spacial score (nSPS) is 23.8. The Kier molecular flexibility index (Phi) is 3.72. The largest absolute Gasteiger partial charge is 0.479 e. The van der Waals surface area contributed by atoms with Crippen LogP contribution in [-0.2, 0) is 4.79 Å². The summed E-state index contributed by atoms with van der Waals surface area (Å²) in [4.78, 5) is 10.5. The maximum atomic E-state index is 10.5. The molecule has 2 atom stereocenters. The lowest BCUT2D eigenvalue weighted by Gasteiger charge is -2.29. The van der Waals surface area contributed by atoms with E-state index >= 15 is 0 Å². The lowest BCUT2D eigenvalue weighted by atomic mass is 9.78. The minimum Gasteiger partial charge on any atom is -0.479 e. The lowest BCUT2D eigenvalue weighted by Crippen LogP contribution is -2.33. The molecule has 0 aromatic carbocycles. The van der Waals surface area contributed by atoms with Crippen LogP contribution in [0, 0.1) is 11.8 Å². The van der Waals surface area contributed by atoms with Gasteiger partial charge in [-0.25, -0.2) is 4.79 Å². The zero-order valence-corrected chi connectivity index (χ0v) is 8.07. The summed E-state index contributed by atoms with van der Waals surface area (Å²) in [5.41, 5.74) is 0. The number of hydrogen-bond donors (Lipinski definition) is 2. The van der Waals surface area contributed by atoms with Crippen LogP contribution < -0.4 is 0 Å². The fraction of sp³-hybridized carbons (Fsp3) is 0.900. The van der Waals surface area contributed by atoms with E-state index in [-0.39, 0.29) is 5.92 Å². The smallest absolute Gasteiger partial charge is 0.332 e. The monoisotopic (exact) mass is 186 g/mol. The van der Waals surface area contributed by atoms with Crippen LogP contribution in [0.5, 0.6) is 0 Å². The van der Waals surface area contributed by atoms with Crippen LogP contribution >= 0.6 is 0 Å². The first-order valence-electron chi connectivity index (χ1n) is 5.04. The Bertz CT molecular complexity index is 173. The molecule has 0 aromatic rings. The number of rotatable bonds is 3. The number of aliphatic carboxylic acids is 1. The molecule has 1 aliphatic carbocycles. The number of carbonyl (C=O) groups is 1. The average Bonchev–Trinajstić information content (AvgIpc) is 2.17. The first-order chi connectivity index (χ1) is 6.13. The maximum Gasteiger partial charge on any atom is 0.332 e. The van der Waals surface area contributed by atoms with Gasteiger partial charge in [0.1, 0.15) is 0 Å². The Balaban J connectivity index is 2.44. The number of aliphatic hydroxyl groups excluding tert-OH is 1. The van der Waals surface area contributed by atoms with E-state index < -0.39 is 12.1 Å². The zero-order chi connectivity index (χ0) is 9.84. The minimum absolute atomic E-state index is 0.0993. The second-order valence-corrected chi connectivity index (χ2v) is 4.04. The van der Waals surface area contributed by atoms with Gasteiger partial charge in [-0.3, -0.25) is 0 Å². The molecule has 1 saturated carbocycles. The summed E-state index contributed by atoms with van der Waals surface area (Å²) in [6.45, 7) is 1.84. The van der Waals surface area contributed by atoms with Gasteiger partial charge in [0.15, 0.2) is 6.10 Å². The molecule has 1 rings (SSSR count). The van der Waals surface area contributed by atoms with Crippen LogP contribution in [0.3, 0.4) is 0 Å². The molecule has 0 heterocycles. The molecule has 0 bridgehead atoms. The molecule has 0 saturated heterocycles. The Labute approximate surface area is 78.8 Å². The lowest BCUT2D eigenvalue weighted by molar-refractivity contribution is -0.150. The Morgan fingerprint density at radius 1 is 1.31 bits per heavy atom. The average molecular weight is 186 g/mol. The highest BCUT2D eigenvalue weighted by atomic mass is 16.4. The molecule has 3 nitrogen and oxygen atoms in total. The summed E-state index contributed by atoms with van der Waals surface area (Å²) in [5.74, 6) is -0.782. The molecule has 0 amide bonds. The molecule has 3 heteroatoms. The van der Waals surface area contributed by atoms with E-state index in [2.05, 4.69) is 0 Å². The van der Waals surface area contributed by atoms with Crippen molar-refractivity contribution in [3.8, 4) is 0 Å². The quantitative estimate of drug-likeness (QED) is 0.704. The second-order valence-electron chi connectivity index (χ2n) is 4.04. The van der Waals surface area contributed by atoms with Crippen LogP contribution in [0.1, 0.15) is 39.0 Å². The molecule has 0 unspecified atom stereocenters. The van der Waals surface area contributed by atoms with E-state index in [1.165, 1.54) is 19.3 Å². The summed E-state index contributed by atoms with van der Waals surface area (Å²) >= 11 is 0. The molecule has 1 fully saturated rings. The van der Waals surface area contributed by atoms with E-state index in [4.69, 9.17) is 5.11 Å². The first kappa shape index (κ1) is 10.5. The van der Waals surface area contributed by atoms with Gasteiger partial charge in [0.05, 0.1) is 0 Å². The Morgan fingerprint density at radius 3 is 2.31 bits per heavy atom. The van der Waals surface area contributed by atoms with Gasteiger partial charge in [-0.05, 0) is 11.8 Å². The molecular weight excluding hydrogens is 168 g/mol. The van der Waals surface area contributed by atoms with Crippen molar-refractivity contribution in [2.24, 2.45) is 11.8 Å². The highest BCUT2D eigenvalue weighted by Gasteiger charge is 2.29. The summed E-state index contributed by atoms with van der Waals surface area (Å²) in [6, 6.07) is 0. The molecule has 13 heavy (non-hydrogen) atoms. The molecular formula is C10H18O3. The van der Waals surface area contributed by atoms with Crippen molar-refractivity contribution in [2.75, 3.05) is 0 Å². The summed E-state index contributed by atoms with van der Waals surface area (Å²) < 4.78 is 0. The zero-order valence-electron chi connectivity index (χ0n) is 8.07. The van der Waals surface area contributed by atoms with Crippen molar-refractivity contribution in [3.05, 3.63) is 0 Å². The molecule has 0 aromatic heterocycles. The van der Waals surface area contributed by atoms with Crippen molar-refractivity contribution < 1.29 is 15.0 Å². The van der Waals surface area contributed by atoms with Crippen LogP contribution in [0.25, 0.3) is 0 Å². The highest BCUT2D eigenvalue weighted by Crippen LogP contribution is 2.31. The van der Waals surface area contributed by atoms with Crippen LogP contribution in [0.2, 0.25) is 0 Å². The topological polar surface area (TPSA) is 57.5 Å². The Morgan fingerprint density at radius 2 is 1.85 bits per heavy atom. The SMILES string of the molecule is C[C@@H](C1CCCCC1)[C@H](O)C(=O)O. The fourth-order valence-electron chi connectivity index (χ4n) is 2.14. The summed E-state index contributed by atoms with van der Waals surface area (Å²) in [5, 5.41) is 18.0. The van der Waals surface area contributed by atoms with E-state index in [0.29, 0.717) is 5.92 Å². The van der Waals surface area contributed by atoms with Crippen LogP contribution in [0.15, 0.2) is 0 Å². The third-order valence-corrected chi connectivity index (χ3v) is 3.14. The molecule has 0 aliphatic heterocycles. The number of carboxylic acids is 1. The third kappa shape index (κ3) is 2.69. The van der Waals surface area contributed by atoms with E-state index in [9.17, 15) is 9.90 Å². The van der Waals surface area contributed by atoms with Gasteiger partial charge < -0.3 is 10.2 Å². The number of aliphatic hydroxyl groups is 1. The predicted octanol–water partition coefficient (Wildman–Crippen LogP) is 1.65. The second kappa shape index (κ2) is 4.61. The van der Waals surface area contributed by atoms with Gasteiger partial charge in [0.2, 0.25) is 0 Å². The van der Waals surface area contributed by atoms with Gasteiger partial charge in [-0.2, -0.15) is 0 Å². The van der Waals surface area contributed by atoms with Gasteiger partial charge in [-0.1, -0.05) is 39.0 Å². The van der Waals surface area contributed by atoms with E-state index in [1.54, 1.807) is 0 Å². The summed E-state index contributed by atoms with van der Waals surface area (Å²) in [6.07, 6.45) is 4.59. The highest BCUT2D eigenvalue weighted by molar-refractivity contribution is 5.72. The van der Waals surface area contributed by atoms with Crippen LogP contribution in [0.4, 0.5) is 0 Å². The maximum absolute atomic E-state index is 10.5. The van der Waals surface area contributed by atoms with Crippen molar-refractivity contribution in [3.63, 3.8) is 0 Å². The Hall–Kier alpha value is -0.570. The number of carboxylic acid groups (broad SMARTS) is 1. The first-order valence-corrected chi connectivity index (χ1v) is 5.04. The van der Waals surface area contributed by atoms with Crippen molar-refractivity contribution in [1.82, 2.24) is 0 Å². The van der Waals surface area contributed by atoms with Crippen molar-refractivity contribution in [2.45, 2.75) is 45.1 Å². The van der Waals surface area contributed by atoms with Crippen molar-refractivity contribution >= 4 is 5.97 Å². The molecule has 0 radical (unpaired) electrons. The standard InChI is InChI=1S/C10H18O3/c1-7(9(11)10(12)13)8-5-3-2-4-6-8/h7-9,11H,2-6H2,1H3,(H,12,13)/t7-,9-/m0/s1. The van der Waals surface area contributed by atoms with Gasteiger partial charge in [0.25, 0.3) is 0 Å². The van der Waals surface area contributed by atoms with Gasteiger partial charge >= 0.3 is 5.97 Å². The van der Waals surface area contributed by atoms with Crippen LogP contribution in [-0.4, -0.2) is 22.3 Å². The summed E-state index contributed by atoms with van der Waals surface area (Å²) in [7, 11) is 0. The minimum atomic E-state index is -1.18. The van der Waals surface area contributed by atoms with Gasteiger partial charge in [-0.15, -0.1) is 0 Å². The molecule has 2 N–H and O–H groups in total.